The minimum atomic E-state index is 0.556. The Balaban J connectivity index is 2.23. The molecule has 1 aromatic heterocycles. The van der Waals surface area contributed by atoms with Gasteiger partial charge in [0.1, 0.15) is 0 Å². The molecule has 0 fully saturated rings. The fraction of sp³-hybridized carbons (Fsp3) is 0.385. The Kier molecular flexibility index (Phi) is 4.35. The normalized spacial score (nSPS) is 10.5. The van der Waals surface area contributed by atoms with Crippen molar-refractivity contribution >= 4 is 0 Å². The summed E-state index contributed by atoms with van der Waals surface area (Å²) in [6, 6.07) is 5.53. The lowest BCUT2D eigenvalue weighted by Gasteiger charge is -2.07. The smallest absolute Gasteiger partial charge is 0.282 e. The van der Waals surface area contributed by atoms with Gasteiger partial charge in [-0.1, -0.05) is 5.16 Å². The van der Waals surface area contributed by atoms with Crippen LogP contribution in [0.1, 0.15) is 12.8 Å². The molecule has 0 bridgehead atoms. The minimum Gasteiger partial charge on any atom is -0.493 e. The number of benzene rings is 1. The van der Waals surface area contributed by atoms with Gasteiger partial charge < -0.3 is 19.3 Å². The summed E-state index contributed by atoms with van der Waals surface area (Å²) in [5.74, 6) is 2.49. The zero-order valence-electron chi connectivity index (χ0n) is 11.3. The second kappa shape index (κ2) is 6.19. The number of hydrogen-bond donors (Lipinski definition) is 1. The monoisotopic (exact) mass is 264 g/mol. The highest BCUT2D eigenvalue weighted by molar-refractivity contribution is 5.60. The maximum absolute atomic E-state index is 5.25. The van der Waals surface area contributed by atoms with E-state index in [2.05, 4.69) is 22.4 Å². The predicted molar refractivity (Wildman–Crippen MR) is 69.0 cm³/mol. The number of methoxy groups -OCH3 is 2. The van der Waals surface area contributed by atoms with Crippen LogP contribution in [0.25, 0.3) is 11.4 Å². The summed E-state index contributed by atoms with van der Waals surface area (Å²) in [5.41, 5.74) is 0.837. The molecule has 1 heterocycles. The highest BCUT2D eigenvalue weighted by Gasteiger charge is 2.12. The van der Waals surface area contributed by atoms with E-state index in [0.717, 1.165) is 12.1 Å². The molecule has 0 spiro atoms. The molecule has 0 unspecified atom stereocenters. The van der Waals surface area contributed by atoms with E-state index in [1.807, 2.05) is 18.2 Å². The van der Waals surface area contributed by atoms with Crippen molar-refractivity contribution in [3.05, 3.63) is 24.1 Å². The van der Waals surface area contributed by atoms with Gasteiger partial charge in [0.2, 0.25) is 5.82 Å². The number of aromatic nitrogens is 2. The molecule has 1 aromatic carbocycles. The van der Waals surface area contributed by atoms with Crippen molar-refractivity contribution in [2.75, 3.05) is 20.8 Å². The average Bonchev–Trinajstić information content (AvgIpc) is 2.93. The lowest BCUT2D eigenvalue weighted by atomic mass is 10.2. The van der Waals surface area contributed by atoms with Crippen LogP contribution in [0.4, 0.5) is 0 Å². The molecule has 2 aromatic rings. The van der Waals surface area contributed by atoms with Crippen LogP contribution in [0, 0.1) is 0 Å². The van der Waals surface area contributed by atoms with Gasteiger partial charge in [0.15, 0.2) is 18.0 Å². The van der Waals surface area contributed by atoms with E-state index in [9.17, 15) is 0 Å². The van der Waals surface area contributed by atoms with E-state index in [4.69, 9.17) is 14.0 Å². The Morgan fingerprint density at radius 1 is 1.21 bits per heavy atom. The molecule has 0 aliphatic heterocycles. The first-order valence-electron chi connectivity index (χ1n) is 6.15. The summed E-state index contributed by atoms with van der Waals surface area (Å²) in [6.45, 7) is 3.75. The fourth-order valence-electron chi connectivity index (χ4n) is 1.70. The van der Waals surface area contributed by atoms with Crippen LogP contribution < -0.4 is 14.8 Å². The highest BCUT2D eigenvalue weighted by atomic mass is 16.5. The van der Waals surface area contributed by atoms with E-state index >= 15 is 0 Å². The Labute approximate surface area is 111 Å². The number of rotatable bonds is 6. The van der Waals surface area contributed by atoms with Gasteiger partial charge in [0.25, 0.3) is 5.89 Å². The Hall–Kier alpha value is -2.08. The molecule has 6 heteroatoms. The van der Waals surface area contributed by atoms with Crippen LogP contribution in [0.5, 0.6) is 11.5 Å². The average molecular weight is 264 g/mol. The predicted octanol–water partition coefficient (Wildman–Crippen LogP) is 0.837. The molecule has 0 aliphatic carbocycles. The van der Waals surface area contributed by atoms with E-state index in [0.29, 0.717) is 29.8 Å². The number of nitrogens with zero attached hydrogens (tertiary/aromatic N) is 2. The lowest BCUT2D eigenvalue weighted by Crippen LogP contribution is -2.81. The van der Waals surface area contributed by atoms with Crippen LogP contribution in [-0.2, 0) is 6.54 Å². The molecule has 0 amide bonds. The van der Waals surface area contributed by atoms with Crippen molar-refractivity contribution in [2.24, 2.45) is 0 Å². The molecule has 19 heavy (non-hydrogen) atoms. The van der Waals surface area contributed by atoms with Crippen molar-refractivity contribution in [3.8, 4) is 22.9 Å². The maximum Gasteiger partial charge on any atom is 0.282 e. The zero-order valence-corrected chi connectivity index (χ0v) is 11.3. The van der Waals surface area contributed by atoms with Gasteiger partial charge in [0, 0.05) is 5.56 Å². The fourth-order valence-corrected chi connectivity index (χ4v) is 1.70. The molecule has 102 valence electrons. The molecular weight excluding hydrogens is 246 g/mol. The van der Waals surface area contributed by atoms with Crippen LogP contribution in [-0.4, -0.2) is 30.9 Å². The van der Waals surface area contributed by atoms with Crippen LogP contribution in [0.2, 0.25) is 0 Å². The highest BCUT2D eigenvalue weighted by Crippen LogP contribution is 2.31. The molecule has 6 nitrogen and oxygen atoms in total. The topological polar surface area (TPSA) is 74.0 Å². The summed E-state index contributed by atoms with van der Waals surface area (Å²) >= 11 is 0. The Morgan fingerprint density at radius 2 is 2.00 bits per heavy atom. The van der Waals surface area contributed by atoms with Crippen molar-refractivity contribution in [1.29, 1.82) is 0 Å². The van der Waals surface area contributed by atoms with E-state index in [1.165, 1.54) is 0 Å². The van der Waals surface area contributed by atoms with Gasteiger partial charge in [-0.3, -0.25) is 0 Å². The van der Waals surface area contributed by atoms with Gasteiger partial charge in [0.05, 0.1) is 20.8 Å². The van der Waals surface area contributed by atoms with Gasteiger partial charge >= 0.3 is 0 Å². The minimum absolute atomic E-state index is 0.556. The number of quaternary nitrogens is 1. The van der Waals surface area contributed by atoms with Crippen LogP contribution in [0.15, 0.2) is 22.7 Å². The summed E-state index contributed by atoms with van der Waals surface area (Å²) in [7, 11) is 3.20. The molecule has 0 atom stereocenters. The van der Waals surface area contributed by atoms with Gasteiger partial charge in [-0.15, -0.1) is 0 Å². The standard InChI is InChI=1S/C13H17N3O3/c1-4-14-8-12-15-13(16-19-12)9-5-6-10(17-2)11(7-9)18-3/h5-7,14H,4,8H2,1-3H3/p+1. The first-order valence-corrected chi connectivity index (χ1v) is 6.15. The largest absolute Gasteiger partial charge is 0.493 e. The third-order valence-electron chi connectivity index (χ3n) is 2.72. The maximum atomic E-state index is 5.25. The summed E-state index contributed by atoms with van der Waals surface area (Å²) in [6.07, 6.45) is 0. The van der Waals surface area contributed by atoms with Crippen LogP contribution in [0.3, 0.4) is 0 Å². The third kappa shape index (κ3) is 3.03. The molecule has 2 N–H and O–H groups in total. The zero-order chi connectivity index (χ0) is 13.7. The molecule has 0 saturated carbocycles. The van der Waals surface area contributed by atoms with E-state index in [1.54, 1.807) is 14.2 Å². The molecular formula is C13H18N3O3+. The summed E-state index contributed by atoms with van der Waals surface area (Å²) in [4.78, 5) is 4.34. The Bertz CT molecular complexity index is 540. The Morgan fingerprint density at radius 3 is 2.68 bits per heavy atom. The summed E-state index contributed by atoms with van der Waals surface area (Å²) < 4.78 is 15.6. The van der Waals surface area contributed by atoms with Gasteiger partial charge in [-0.2, -0.15) is 4.98 Å². The van der Waals surface area contributed by atoms with E-state index < -0.39 is 0 Å². The molecule has 0 radical (unpaired) electrons. The van der Waals surface area contributed by atoms with Crippen LogP contribution >= 0.6 is 0 Å². The number of hydrogen-bond acceptors (Lipinski definition) is 5. The lowest BCUT2D eigenvalue weighted by molar-refractivity contribution is -0.670. The molecule has 0 saturated heterocycles. The third-order valence-corrected chi connectivity index (χ3v) is 2.72. The number of nitrogens with two attached hydrogens (primary N) is 1. The van der Waals surface area contributed by atoms with Crippen molar-refractivity contribution < 1.29 is 19.3 Å². The molecule has 2 rings (SSSR count). The first kappa shape index (κ1) is 13.4. The second-order valence-corrected chi connectivity index (χ2v) is 3.98. The SMILES string of the molecule is CC[NH2+]Cc1nc(-c2ccc(OC)c(OC)c2)no1. The van der Waals surface area contributed by atoms with Crippen molar-refractivity contribution in [3.63, 3.8) is 0 Å². The van der Waals surface area contributed by atoms with Crippen molar-refractivity contribution in [2.45, 2.75) is 13.5 Å². The number of ether oxygens (including phenoxy) is 2. The summed E-state index contributed by atoms with van der Waals surface area (Å²) in [5, 5.41) is 6.06. The quantitative estimate of drug-likeness (QED) is 0.836. The van der Waals surface area contributed by atoms with Gasteiger partial charge in [-0.05, 0) is 25.1 Å². The van der Waals surface area contributed by atoms with Gasteiger partial charge in [-0.25, -0.2) is 0 Å². The van der Waals surface area contributed by atoms with E-state index in [-0.39, 0.29) is 0 Å². The first-order chi connectivity index (χ1) is 9.28. The second-order valence-electron chi connectivity index (χ2n) is 3.98. The van der Waals surface area contributed by atoms with Crippen molar-refractivity contribution in [1.82, 2.24) is 10.1 Å². The molecule has 0 aliphatic rings.